The molecule has 2 atom stereocenters. The van der Waals surface area contributed by atoms with Gasteiger partial charge in [-0.15, -0.1) is 0 Å². The topological polar surface area (TPSA) is 41.6 Å². The van der Waals surface area contributed by atoms with Gasteiger partial charge in [-0.05, 0) is 53.5 Å². The SMILES string of the molecule is CCN(C(C)CC(C)(NC(C)C)C(=O)OC)C1CC1. The number of methoxy groups -OCH3 is 1. The number of hydrogen-bond acceptors (Lipinski definition) is 4. The number of ether oxygens (including phenoxy) is 1. The van der Waals surface area contributed by atoms with Gasteiger partial charge in [0.2, 0.25) is 0 Å². The van der Waals surface area contributed by atoms with E-state index < -0.39 is 5.54 Å². The molecule has 0 saturated heterocycles. The summed E-state index contributed by atoms with van der Waals surface area (Å²) < 4.78 is 4.99. The summed E-state index contributed by atoms with van der Waals surface area (Å²) in [4.78, 5) is 14.6. The fourth-order valence-corrected chi connectivity index (χ4v) is 3.11. The molecule has 0 aromatic heterocycles. The van der Waals surface area contributed by atoms with Crippen molar-refractivity contribution in [3.8, 4) is 0 Å². The van der Waals surface area contributed by atoms with E-state index >= 15 is 0 Å². The molecule has 1 aliphatic rings. The van der Waals surface area contributed by atoms with E-state index in [4.69, 9.17) is 4.74 Å². The molecule has 0 aromatic rings. The molecule has 0 radical (unpaired) electrons. The Balaban J connectivity index is 2.72. The average molecular weight is 270 g/mol. The van der Waals surface area contributed by atoms with Crippen LogP contribution >= 0.6 is 0 Å². The minimum atomic E-state index is -0.607. The van der Waals surface area contributed by atoms with E-state index in [0.717, 1.165) is 19.0 Å². The van der Waals surface area contributed by atoms with E-state index in [0.29, 0.717) is 6.04 Å². The van der Waals surface area contributed by atoms with Crippen LogP contribution in [0.1, 0.15) is 53.9 Å². The molecular formula is C15H30N2O2. The lowest BCUT2D eigenvalue weighted by molar-refractivity contribution is -0.149. The van der Waals surface area contributed by atoms with Crippen LogP contribution in [-0.4, -0.2) is 48.2 Å². The number of hydrogen-bond donors (Lipinski definition) is 1. The maximum atomic E-state index is 12.1. The zero-order chi connectivity index (χ0) is 14.6. The second-order valence-electron chi connectivity index (χ2n) is 6.24. The van der Waals surface area contributed by atoms with E-state index in [9.17, 15) is 4.79 Å². The second-order valence-corrected chi connectivity index (χ2v) is 6.24. The highest BCUT2D eigenvalue weighted by Gasteiger charge is 2.39. The fraction of sp³-hybridized carbons (Fsp3) is 0.933. The quantitative estimate of drug-likeness (QED) is 0.686. The zero-order valence-electron chi connectivity index (χ0n) is 13.3. The first kappa shape index (κ1) is 16.4. The number of nitrogens with zero attached hydrogens (tertiary/aromatic N) is 1. The third-order valence-corrected chi connectivity index (χ3v) is 3.89. The van der Waals surface area contributed by atoms with Crippen LogP contribution in [-0.2, 0) is 9.53 Å². The number of rotatable bonds is 8. The first-order chi connectivity index (χ1) is 8.84. The first-order valence-electron chi connectivity index (χ1n) is 7.46. The Bertz CT molecular complexity index is 303. The van der Waals surface area contributed by atoms with E-state index in [-0.39, 0.29) is 12.0 Å². The largest absolute Gasteiger partial charge is 0.468 e. The lowest BCUT2D eigenvalue weighted by Crippen LogP contribution is -2.56. The second kappa shape index (κ2) is 6.71. The molecular weight excluding hydrogens is 240 g/mol. The van der Waals surface area contributed by atoms with Gasteiger partial charge in [0.25, 0.3) is 0 Å². The highest BCUT2D eigenvalue weighted by atomic mass is 16.5. The number of carbonyl (C=O) groups excluding carboxylic acids is 1. The monoisotopic (exact) mass is 270 g/mol. The molecule has 0 aliphatic heterocycles. The van der Waals surface area contributed by atoms with Crippen LogP contribution in [0.4, 0.5) is 0 Å². The standard InChI is InChI=1S/C15H30N2O2/c1-7-17(13-8-9-13)12(4)10-15(5,14(18)19-6)16-11(2)3/h11-13,16H,7-10H2,1-6H3. The van der Waals surface area contributed by atoms with Crippen molar-refractivity contribution in [3.63, 3.8) is 0 Å². The molecule has 1 aliphatic carbocycles. The number of esters is 1. The van der Waals surface area contributed by atoms with Crippen molar-refractivity contribution in [1.82, 2.24) is 10.2 Å². The van der Waals surface area contributed by atoms with E-state index in [1.165, 1.54) is 20.0 Å². The molecule has 2 unspecified atom stereocenters. The first-order valence-corrected chi connectivity index (χ1v) is 7.46. The van der Waals surface area contributed by atoms with Gasteiger partial charge in [-0.25, -0.2) is 0 Å². The van der Waals surface area contributed by atoms with Crippen molar-refractivity contribution in [2.45, 2.75) is 77.5 Å². The number of carbonyl (C=O) groups is 1. The third kappa shape index (κ3) is 4.46. The van der Waals surface area contributed by atoms with Gasteiger partial charge in [-0.1, -0.05) is 6.92 Å². The molecule has 1 fully saturated rings. The van der Waals surface area contributed by atoms with Crippen LogP contribution in [0.15, 0.2) is 0 Å². The van der Waals surface area contributed by atoms with Gasteiger partial charge in [-0.3, -0.25) is 15.0 Å². The van der Waals surface area contributed by atoms with Gasteiger partial charge >= 0.3 is 5.97 Å². The van der Waals surface area contributed by atoms with E-state index in [1.54, 1.807) is 0 Å². The molecule has 19 heavy (non-hydrogen) atoms. The predicted octanol–water partition coefficient (Wildman–Crippen LogP) is 2.18. The molecule has 1 saturated carbocycles. The lowest BCUT2D eigenvalue weighted by Gasteiger charge is -2.36. The molecule has 4 heteroatoms. The molecule has 0 aromatic carbocycles. The Hall–Kier alpha value is -0.610. The minimum Gasteiger partial charge on any atom is -0.468 e. The van der Waals surface area contributed by atoms with Crippen LogP contribution < -0.4 is 5.32 Å². The Morgan fingerprint density at radius 2 is 2.00 bits per heavy atom. The van der Waals surface area contributed by atoms with Crippen molar-refractivity contribution in [2.75, 3.05) is 13.7 Å². The van der Waals surface area contributed by atoms with Gasteiger partial charge in [0.05, 0.1) is 7.11 Å². The maximum absolute atomic E-state index is 12.1. The third-order valence-electron chi connectivity index (χ3n) is 3.89. The summed E-state index contributed by atoms with van der Waals surface area (Å²) in [5.41, 5.74) is -0.607. The lowest BCUT2D eigenvalue weighted by atomic mass is 9.91. The molecule has 0 amide bonds. The Labute approximate surface area is 117 Å². The van der Waals surface area contributed by atoms with E-state index in [2.05, 4.69) is 37.9 Å². The highest BCUT2D eigenvalue weighted by Crippen LogP contribution is 2.30. The Morgan fingerprint density at radius 3 is 2.37 bits per heavy atom. The predicted molar refractivity (Wildman–Crippen MR) is 78.2 cm³/mol. The van der Waals surface area contributed by atoms with Crippen molar-refractivity contribution >= 4 is 5.97 Å². The Morgan fingerprint density at radius 1 is 1.42 bits per heavy atom. The molecule has 1 N–H and O–H groups in total. The maximum Gasteiger partial charge on any atom is 0.325 e. The van der Waals surface area contributed by atoms with Crippen molar-refractivity contribution < 1.29 is 9.53 Å². The molecule has 4 nitrogen and oxygen atoms in total. The van der Waals surface area contributed by atoms with Gasteiger partial charge in [0.15, 0.2) is 0 Å². The summed E-state index contributed by atoms with van der Waals surface area (Å²) in [6.45, 7) is 11.5. The average Bonchev–Trinajstić information content (AvgIpc) is 3.11. The number of nitrogens with one attached hydrogen (secondary N) is 1. The normalized spacial score (nSPS) is 20.4. The van der Waals surface area contributed by atoms with Crippen LogP contribution in [0.5, 0.6) is 0 Å². The molecule has 112 valence electrons. The molecule has 1 rings (SSSR count). The Kier molecular flexibility index (Phi) is 5.81. The van der Waals surface area contributed by atoms with E-state index in [1.807, 2.05) is 6.92 Å². The summed E-state index contributed by atoms with van der Waals surface area (Å²) in [6.07, 6.45) is 3.37. The molecule has 0 bridgehead atoms. The molecule has 0 spiro atoms. The van der Waals surface area contributed by atoms with Gasteiger partial charge in [0, 0.05) is 18.1 Å². The van der Waals surface area contributed by atoms with Gasteiger partial charge in [-0.2, -0.15) is 0 Å². The summed E-state index contributed by atoms with van der Waals surface area (Å²) in [5.74, 6) is -0.167. The van der Waals surface area contributed by atoms with Crippen molar-refractivity contribution in [3.05, 3.63) is 0 Å². The smallest absolute Gasteiger partial charge is 0.325 e. The highest BCUT2D eigenvalue weighted by molar-refractivity contribution is 5.80. The van der Waals surface area contributed by atoms with Crippen LogP contribution in [0, 0.1) is 0 Å². The van der Waals surface area contributed by atoms with Crippen molar-refractivity contribution in [2.24, 2.45) is 0 Å². The molecule has 0 heterocycles. The summed E-state index contributed by atoms with van der Waals surface area (Å²) in [5, 5.41) is 3.37. The minimum absolute atomic E-state index is 0.167. The summed E-state index contributed by atoms with van der Waals surface area (Å²) in [6, 6.07) is 1.36. The van der Waals surface area contributed by atoms with Crippen LogP contribution in [0.3, 0.4) is 0 Å². The summed E-state index contributed by atoms with van der Waals surface area (Å²) >= 11 is 0. The van der Waals surface area contributed by atoms with Crippen molar-refractivity contribution in [1.29, 1.82) is 0 Å². The zero-order valence-corrected chi connectivity index (χ0v) is 13.3. The van der Waals surface area contributed by atoms with Crippen LogP contribution in [0.25, 0.3) is 0 Å². The van der Waals surface area contributed by atoms with Gasteiger partial charge < -0.3 is 4.74 Å². The summed E-state index contributed by atoms with van der Waals surface area (Å²) in [7, 11) is 1.46. The van der Waals surface area contributed by atoms with Gasteiger partial charge in [0.1, 0.15) is 5.54 Å². The fourth-order valence-electron chi connectivity index (χ4n) is 3.11. The van der Waals surface area contributed by atoms with Crippen LogP contribution in [0.2, 0.25) is 0 Å².